The maximum absolute atomic E-state index is 17.3. The standard InChI is InChI=1S/C29H40FNO7S/c1-16-12-21-20-7-6-18-13-19(33)8-10-26(18,3)28(20,30)23(34)14-27(21,4)29(16,37)24(35)15-38-25(36)22(9-11-39-5)31-17(2)32/h8,10,13,16,20-23,34,37H,6-7,9,11-12,14-15H2,1-5H3,(H,31,32)/t16?,20-,21-,22?,23?,26-,27-,28-,29-/m0/s1. The molecule has 0 heterocycles. The van der Waals surface area contributed by atoms with E-state index in [1.54, 1.807) is 26.8 Å². The zero-order valence-electron chi connectivity index (χ0n) is 23.3. The Morgan fingerprint density at radius 2 is 1.97 bits per heavy atom. The Kier molecular flexibility index (Phi) is 7.99. The van der Waals surface area contributed by atoms with Crippen molar-refractivity contribution in [3.63, 3.8) is 0 Å². The molecule has 8 nitrogen and oxygen atoms in total. The van der Waals surface area contributed by atoms with Gasteiger partial charge in [-0.1, -0.05) is 25.5 Å². The second-order valence-corrected chi connectivity index (χ2v) is 13.2. The average Bonchev–Trinajstić information content (AvgIpc) is 3.07. The van der Waals surface area contributed by atoms with Crippen LogP contribution in [-0.4, -0.2) is 75.7 Å². The number of rotatable bonds is 8. The molecular weight excluding hydrogens is 525 g/mol. The molecule has 3 saturated carbocycles. The van der Waals surface area contributed by atoms with E-state index in [9.17, 15) is 29.4 Å². The predicted octanol–water partition coefficient (Wildman–Crippen LogP) is 2.70. The molecule has 4 rings (SSSR count). The quantitative estimate of drug-likeness (QED) is 0.383. The molecule has 216 valence electrons. The van der Waals surface area contributed by atoms with Crippen molar-refractivity contribution in [3.8, 4) is 0 Å². The number of hydrogen-bond acceptors (Lipinski definition) is 8. The highest BCUT2D eigenvalue weighted by molar-refractivity contribution is 7.98. The third-order valence-corrected chi connectivity index (χ3v) is 10.9. The molecule has 3 fully saturated rings. The number of aliphatic hydroxyl groups excluding tert-OH is 1. The fraction of sp³-hybridized carbons (Fsp3) is 0.724. The number of alkyl halides is 1. The minimum atomic E-state index is -2.07. The van der Waals surface area contributed by atoms with Gasteiger partial charge in [0.1, 0.15) is 11.6 Å². The molecule has 0 spiro atoms. The van der Waals surface area contributed by atoms with Gasteiger partial charge in [0.25, 0.3) is 0 Å². The lowest BCUT2D eigenvalue weighted by molar-refractivity contribution is -0.220. The Hall–Kier alpha value is -2.04. The number of esters is 1. The molecule has 9 atom stereocenters. The number of Topliss-reactive ketones (excluding diaryl/α,β-unsaturated/α-hetero) is 1. The van der Waals surface area contributed by atoms with Gasteiger partial charge in [-0.15, -0.1) is 0 Å². The molecule has 10 heteroatoms. The van der Waals surface area contributed by atoms with Crippen LogP contribution in [0.1, 0.15) is 59.8 Å². The number of ether oxygens (including phenoxy) is 1. The number of thioether (sulfide) groups is 1. The van der Waals surface area contributed by atoms with E-state index in [0.717, 1.165) is 0 Å². The molecule has 0 aromatic heterocycles. The molecular formula is C29H40FNO7S. The maximum Gasteiger partial charge on any atom is 0.329 e. The summed E-state index contributed by atoms with van der Waals surface area (Å²) >= 11 is 1.50. The molecule has 0 aliphatic heterocycles. The topological polar surface area (TPSA) is 130 Å². The average molecular weight is 566 g/mol. The van der Waals surface area contributed by atoms with E-state index in [1.807, 2.05) is 6.26 Å². The Labute approximate surface area is 233 Å². The number of carbonyl (C=O) groups is 4. The number of ketones is 2. The van der Waals surface area contributed by atoms with Crippen molar-refractivity contribution >= 4 is 35.2 Å². The van der Waals surface area contributed by atoms with Gasteiger partial charge in [0.05, 0.1) is 6.10 Å². The lowest BCUT2D eigenvalue weighted by atomic mass is 9.44. The Morgan fingerprint density at radius 1 is 1.28 bits per heavy atom. The van der Waals surface area contributed by atoms with Gasteiger partial charge < -0.3 is 20.3 Å². The fourth-order valence-electron chi connectivity index (χ4n) is 8.22. The van der Waals surface area contributed by atoms with Crippen LogP contribution in [0.3, 0.4) is 0 Å². The van der Waals surface area contributed by atoms with Gasteiger partial charge >= 0.3 is 5.97 Å². The van der Waals surface area contributed by atoms with Crippen molar-refractivity contribution in [2.24, 2.45) is 28.6 Å². The first-order valence-electron chi connectivity index (χ1n) is 13.7. The van der Waals surface area contributed by atoms with Gasteiger partial charge in [-0.05, 0) is 75.0 Å². The number of allylic oxidation sites excluding steroid dienone is 4. The van der Waals surface area contributed by atoms with Crippen molar-refractivity contribution in [1.29, 1.82) is 0 Å². The van der Waals surface area contributed by atoms with Crippen LogP contribution in [-0.2, 0) is 23.9 Å². The summed E-state index contributed by atoms with van der Waals surface area (Å²) in [5, 5.41) is 26.0. The number of halogens is 1. The first-order valence-corrected chi connectivity index (χ1v) is 15.1. The highest BCUT2D eigenvalue weighted by Crippen LogP contribution is 2.70. The van der Waals surface area contributed by atoms with Crippen LogP contribution in [0.5, 0.6) is 0 Å². The second kappa shape index (κ2) is 10.4. The lowest BCUT2D eigenvalue weighted by Gasteiger charge is -2.62. The molecule has 0 aromatic carbocycles. The van der Waals surface area contributed by atoms with Gasteiger partial charge in [0, 0.05) is 23.7 Å². The van der Waals surface area contributed by atoms with Crippen LogP contribution in [0.25, 0.3) is 0 Å². The van der Waals surface area contributed by atoms with E-state index >= 15 is 4.39 Å². The summed E-state index contributed by atoms with van der Waals surface area (Å²) < 4.78 is 22.6. The van der Waals surface area contributed by atoms with E-state index in [-0.39, 0.29) is 12.2 Å². The normalized spacial score (nSPS) is 41.5. The van der Waals surface area contributed by atoms with Gasteiger partial charge in [-0.25, -0.2) is 9.18 Å². The van der Waals surface area contributed by atoms with Crippen LogP contribution < -0.4 is 5.32 Å². The summed E-state index contributed by atoms with van der Waals surface area (Å²) in [5.41, 5.74) is -5.67. The van der Waals surface area contributed by atoms with Gasteiger partial charge in [-0.2, -0.15) is 11.8 Å². The largest absolute Gasteiger partial charge is 0.456 e. The highest BCUT2D eigenvalue weighted by atomic mass is 32.2. The molecule has 0 saturated heterocycles. The van der Waals surface area contributed by atoms with Gasteiger partial charge in [0.15, 0.2) is 18.1 Å². The zero-order chi connectivity index (χ0) is 29.0. The number of hydrogen-bond donors (Lipinski definition) is 3. The van der Waals surface area contributed by atoms with Crippen LogP contribution in [0.2, 0.25) is 0 Å². The minimum absolute atomic E-state index is 0.155. The zero-order valence-corrected chi connectivity index (χ0v) is 24.1. The number of aliphatic hydroxyl groups is 2. The van der Waals surface area contributed by atoms with Gasteiger partial charge in [0.2, 0.25) is 11.7 Å². The number of nitrogens with one attached hydrogen (secondary N) is 1. The van der Waals surface area contributed by atoms with Crippen molar-refractivity contribution in [2.45, 2.75) is 83.2 Å². The van der Waals surface area contributed by atoms with E-state index in [2.05, 4.69) is 5.32 Å². The molecule has 4 aliphatic rings. The molecule has 3 N–H and O–H groups in total. The van der Waals surface area contributed by atoms with Gasteiger partial charge in [-0.3, -0.25) is 14.4 Å². The summed E-state index contributed by atoms with van der Waals surface area (Å²) in [5.74, 6) is -3.07. The number of carbonyl (C=O) groups excluding carboxylic acids is 4. The Morgan fingerprint density at radius 3 is 2.62 bits per heavy atom. The van der Waals surface area contributed by atoms with E-state index in [1.165, 1.54) is 30.8 Å². The first-order chi connectivity index (χ1) is 18.2. The summed E-state index contributed by atoms with van der Waals surface area (Å²) in [6.45, 7) is 5.80. The third-order valence-electron chi connectivity index (χ3n) is 10.3. The van der Waals surface area contributed by atoms with Crippen LogP contribution in [0.15, 0.2) is 23.8 Å². The van der Waals surface area contributed by atoms with E-state index in [0.29, 0.717) is 37.0 Å². The summed E-state index contributed by atoms with van der Waals surface area (Å²) in [7, 11) is 0. The van der Waals surface area contributed by atoms with Crippen LogP contribution in [0.4, 0.5) is 4.39 Å². The molecule has 1 amide bonds. The lowest BCUT2D eigenvalue weighted by Crippen LogP contribution is -2.69. The summed E-state index contributed by atoms with van der Waals surface area (Å²) in [4.78, 5) is 49.9. The Balaban J connectivity index is 1.58. The minimum Gasteiger partial charge on any atom is -0.456 e. The number of fused-ring (bicyclic) bond motifs is 5. The summed E-state index contributed by atoms with van der Waals surface area (Å²) in [6.07, 6.45) is 6.19. The molecule has 0 bridgehead atoms. The monoisotopic (exact) mass is 565 g/mol. The van der Waals surface area contributed by atoms with E-state index in [4.69, 9.17) is 4.74 Å². The van der Waals surface area contributed by atoms with Crippen molar-refractivity contribution in [1.82, 2.24) is 5.32 Å². The van der Waals surface area contributed by atoms with Crippen LogP contribution in [0, 0.1) is 28.6 Å². The Bertz CT molecular complexity index is 1120. The molecule has 0 aromatic rings. The predicted molar refractivity (Wildman–Crippen MR) is 144 cm³/mol. The fourth-order valence-corrected chi connectivity index (χ4v) is 8.69. The molecule has 4 aliphatic carbocycles. The number of amides is 1. The third kappa shape index (κ3) is 4.41. The highest BCUT2D eigenvalue weighted by Gasteiger charge is 2.75. The summed E-state index contributed by atoms with van der Waals surface area (Å²) in [6, 6.07) is -0.911. The maximum atomic E-state index is 17.3. The first kappa shape index (κ1) is 29.9. The SMILES string of the molecule is CSCCC(NC(C)=O)C(=O)OCC(=O)[C@@]1(O)C(C)C[C@H]2[C@@H]3CCC4=CC(=O)C=C[C@]4(C)[C@@]3(F)C(O)C[C@@]21C. The van der Waals surface area contributed by atoms with E-state index < -0.39 is 76.3 Å². The van der Waals surface area contributed by atoms with Crippen molar-refractivity contribution < 1.29 is 38.5 Å². The molecule has 0 radical (unpaired) electrons. The van der Waals surface area contributed by atoms with Crippen molar-refractivity contribution in [3.05, 3.63) is 23.8 Å². The van der Waals surface area contributed by atoms with Crippen molar-refractivity contribution in [2.75, 3.05) is 18.6 Å². The molecule has 39 heavy (non-hydrogen) atoms. The second-order valence-electron chi connectivity index (χ2n) is 12.2. The van der Waals surface area contributed by atoms with Crippen LogP contribution >= 0.6 is 11.8 Å². The molecule has 3 unspecified atom stereocenters. The smallest absolute Gasteiger partial charge is 0.329 e.